The Bertz CT molecular complexity index is 1130. The van der Waals surface area contributed by atoms with Crippen LogP contribution in [0.1, 0.15) is 27.9 Å². The van der Waals surface area contributed by atoms with E-state index in [0.29, 0.717) is 28.8 Å². The van der Waals surface area contributed by atoms with Gasteiger partial charge >= 0.3 is 0 Å². The van der Waals surface area contributed by atoms with Crippen LogP contribution >= 0.6 is 0 Å². The fourth-order valence-electron chi connectivity index (χ4n) is 2.74. The van der Waals surface area contributed by atoms with Crippen molar-refractivity contribution in [3.05, 3.63) is 70.4 Å². The van der Waals surface area contributed by atoms with Crippen LogP contribution in [0.15, 0.2) is 42.5 Å². The molecule has 0 saturated heterocycles. The van der Waals surface area contributed by atoms with E-state index in [2.05, 4.69) is 26.6 Å². The van der Waals surface area contributed by atoms with Crippen molar-refractivity contribution in [2.75, 3.05) is 5.32 Å². The van der Waals surface area contributed by atoms with E-state index in [1.807, 2.05) is 32.0 Å². The first kappa shape index (κ1) is 19.5. The van der Waals surface area contributed by atoms with Gasteiger partial charge in [0.1, 0.15) is 11.4 Å². The van der Waals surface area contributed by atoms with E-state index in [0.717, 1.165) is 22.4 Å². The van der Waals surface area contributed by atoms with Gasteiger partial charge < -0.3 is 10.1 Å². The summed E-state index contributed by atoms with van der Waals surface area (Å²) in [6.07, 6.45) is 3.19. The zero-order valence-electron chi connectivity index (χ0n) is 16.3. The van der Waals surface area contributed by atoms with Gasteiger partial charge in [-0.3, -0.25) is 0 Å². The molecule has 0 bridgehead atoms. The van der Waals surface area contributed by atoms with Crippen LogP contribution < -0.4 is 10.1 Å². The fourth-order valence-corrected chi connectivity index (χ4v) is 2.74. The number of rotatable bonds is 5. The maximum atomic E-state index is 8.89. The monoisotopic (exact) mass is 382 g/mol. The molecule has 29 heavy (non-hydrogen) atoms. The summed E-state index contributed by atoms with van der Waals surface area (Å²) >= 11 is 0. The third-order valence-electron chi connectivity index (χ3n) is 4.11. The average Bonchev–Trinajstić information content (AvgIpc) is 2.72. The summed E-state index contributed by atoms with van der Waals surface area (Å²) in [4.78, 5) is 4.43. The van der Waals surface area contributed by atoms with E-state index in [1.165, 1.54) is 6.08 Å². The van der Waals surface area contributed by atoms with Crippen molar-refractivity contribution < 1.29 is 4.74 Å². The van der Waals surface area contributed by atoms with Gasteiger partial charge in [0.15, 0.2) is 0 Å². The summed E-state index contributed by atoms with van der Waals surface area (Å²) < 4.78 is 6.06. The van der Waals surface area contributed by atoms with Gasteiger partial charge in [0.2, 0.25) is 11.8 Å². The second kappa shape index (κ2) is 8.64. The van der Waals surface area contributed by atoms with Crippen LogP contribution in [0.2, 0.25) is 0 Å². The van der Waals surface area contributed by atoms with Crippen LogP contribution in [0.3, 0.4) is 0 Å². The standard InChI is InChI=1S/C22H18N6O/c1-14-11-18(5-4-10-23)12-15(2)20(14)29-21-16(3)27-28-22(26-21)25-19-8-6-17(13-24)7-9-19/h4-9,11-12H,1-3H3,(H,25,26,28). The quantitative estimate of drug-likeness (QED) is 0.635. The molecule has 7 heteroatoms. The molecule has 0 fully saturated rings. The highest BCUT2D eigenvalue weighted by molar-refractivity contribution is 5.58. The molecule has 3 rings (SSSR count). The molecule has 0 amide bonds. The number of benzene rings is 2. The van der Waals surface area contributed by atoms with Crippen molar-refractivity contribution in [2.24, 2.45) is 0 Å². The molecular formula is C22H18N6O. The van der Waals surface area contributed by atoms with E-state index in [4.69, 9.17) is 15.3 Å². The predicted octanol–water partition coefficient (Wildman–Crippen LogP) is 4.74. The maximum absolute atomic E-state index is 8.89. The molecule has 1 heterocycles. The molecule has 3 aromatic rings. The minimum Gasteiger partial charge on any atom is -0.437 e. The lowest BCUT2D eigenvalue weighted by Crippen LogP contribution is -2.04. The number of aromatic nitrogens is 3. The van der Waals surface area contributed by atoms with Crippen molar-refractivity contribution in [1.82, 2.24) is 15.2 Å². The summed E-state index contributed by atoms with van der Waals surface area (Å²) in [5, 5.41) is 28.8. The highest BCUT2D eigenvalue weighted by atomic mass is 16.5. The molecule has 0 aliphatic rings. The average molecular weight is 382 g/mol. The van der Waals surface area contributed by atoms with E-state index < -0.39 is 0 Å². The topological polar surface area (TPSA) is 108 Å². The van der Waals surface area contributed by atoms with Gasteiger partial charge in [-0.15, -0.1) is 10.2 Å². The van der Waals surface area contributed by atoms with Gasteiger partial charge in [0.05, 0.1) is 17.7 Å². The molecule has 7 nitrogen and oxygen atoms in total. The molecule has 0 saturated carbocycles. The van der Waals surface area contributed by atoms with Crippen LogP contribution in [0.4, 0.5) is 11.6 Å². The third kappa shape index (κ3) is 4.74. The Balaban J connectivity index is 1.86. The Morgan fingerprint density at radius 1 is 1.00 bits per heavy atom. The van der Waals surface area contributed by atoms with E-state index in [-0.39, 0.29) is 0 Å². The van der Waals surface area contributed by atoms with Crippen LogP contribution in [0.25, 0.3) is 6.08 Å². The molecule has 0 unspecified atom stereocenters. The van der Waals surface area contributed by atoms with Crippen LogP contribution in [-0.2, 0) is 0 Å². The lowest BCUT2D eigenvalue weighted by molar-refractivity contribution is 0.446. The number of allylic oxidation sites excluding steroid dienone is 1. The molecule has 0 spiro atoms. The first-order valence-corrected chi connectivity index (χ1v) is 8.84. The number of nitrogens with one attached hydrogen (secondary N) is 1. The Labute approximate surface area is 168 Å². The molecule has 0 aliphatic heterocycles. The zero-order chi connectivity index (χ0) is 20.8. The molecule has 142 valence electrons. The van der Waals surface area contributed by atoms with Gasteiger partial charge in [-0.25, -0.2) is 0 Å². The molecule has 0 aliphatic carbocycles. The zero-order valence-corrected chi connectivity index (χ0v) is 16.3. The Morgan fingerprint density at radius 3 is 2.31 bits per heavy atom. The second-order valence-electron chi connectivity index (χ2n) is 6.39. The van der Waals surface area contributed by atoms with E-state index in [1.54, 1.807) is 37.3 Å². The first-order valence-electron chi connectivity index (χ1n) is 8.84. The molecular weight excluding hydrogens is 364 g/mol. The highest BCUT2D eigenvalue weighted by Gasteiger charge is 2.13. The van der Waals surface area contributed by atoms with Gasteiger partial charge in [-0.2, -0.15) is 15.5 Å². The van der Waals surface area contributed by atoms with Crippen LogP contribution in [-0.4, -0.2) is 15.2 Å². The number of aryl methyl sites for hydroxylation is 3. The number of anilines is 2. The number of nitriles is 2. The number of hydrogen-bond acceptors (Lipinski definition) is 7. The third-order valence-corrected chi connectivity index (χ3v) is 4.11. The van der Waals surface area contributed by atoms with Crippen molar-refractivity contribution in [3.63, 3.8) is 0 Å². The Kier molecular flexibility index (Phi) is 5.82. The fraction of sp³-hybridized carbons (Fsp3) is 0.136. The largest absolute Gasteiger partial charge is 0.437 e. The van der Waals surface area contributed by atoms with E-state index in [9.17, 15) is 0 Å². The Hall–Kier alpha value is -4.23. The number of ether oxygens (including phenoxy) is 1. The lowest BCUT2D eigenvalue weighted by Gasteiger charge is -2.14. The van der Waals surface area contributed by atoms with Gasteiger partial charge in [0, 0.05) is 11.8 Å². The summed E-state index contributed by atoms with van der Waals surface area (Å²) in [6, 6.07) is 14.9. The number of nitrogens with zero attached hydrogens (tertiary/aromatic N) is 5. The van der Waals surface area contributed by atoms with Gasteiger partial charge in [0.25, 0.3) is 0 Å². The Morgan fingerprint density at radius 2 is 1.69 bits per heavy atom. The maximum Gasteiger partial charge on any atom is 0.250 e. The second-order valence-corrected chi connectivity index (χ2v) is 6.39. The molecule has 0 atom stereocenters. The van der Waals surface area contributed by atoms with Crippen molar-refractivity contribution in [3.8, 4) is 23.8 Å². The molecule has 0 radical (unpaired) electrons. The number of hydrogen-bond donors (Lipinski definition) is 1. The minimum atomic E-state index is 0.291. The van der Waals surface area contributed by atoms with E-state index >= 15 is 0 Å². The molecule has 2 aromatic carbocycles. The molecule has 1 aromatic heterocycles. The summed E-state index contributed by atoms with van der Waals surface area (Å²) in [5.74, 6) is 1.33. The molecule has 1 N–H and O–H groups in total. The van der Waals surface area contributed by atoms with Crippen molar-refractivity contribution >= 4 is 17.7 Å². The minimum absolute atomic E-state index is 0.291. The van der Waals surface area contributed by atoms with Gasteiger partial charge in [-0.1, -0.05) is 0 Å². The smallest absolute Gasteiger partial charge is 0.250 e. The summed E-state index contributed by atoms with van der Waals surface area (Å²) in [6.45, 7) is 5.65. The van der Waals surface area contributed by atoms with Gasteiger partial charge in [-0.05, 0) is 79.9 Å². The lowest BCUT2D eigenvalue weighted by atomic mass is 10.1. The SMILES string of the molecule is Cc1cc(C=CC#N)cc(C)c1Oc1nc(Nc2ccc(C#N)cc2)nnc1C. The highest BCUT2D eigenvalue weighted by Crippen LogP contribution is 2.31. The van der Waals surface area contributed by atoms with Crippen LogP contribution in [0, 0.1) is 43.4 Å². The van der Waals surface area contributed by atoms with Crippen molar-refractivity contribution in [1.29, 1.82) is 10.5 Å². The summed E-state index contributed by atoms with van der Waals surface area (Å²) in [7, 11) is 0. The summed E-state index contributed by atoms with van der Waals surface area (Å²) in [5.41, 5.74) is 4.63. The van der Waals surface area contributed by atoms with Crippen molar-refractivity contribution in [2.45, 2.75) is 20.8 Å². The van der Waals surface area contributed by atoms with Crippen LogP contribution in [0.5, 0.6) is 11.6 Å². The normalized spacial score (nSPS) is 10.4. The first-order chi connectivity index (χ1) is 14.0. The predicted molar refractivity (Wildman–Crippen MR) is 110 cm³/mol.